The molecule has 0 atom stereocenters. The lowest BCUT2D eigenvalue weighted by molar-refractivity contribution is 0.457. The van der Waals surface area contributed by atoms with Crippen molar-refractivity contribution in [2.24, 2.45) is 16.7 Å². The van der Waals surface area contributed by atoms with Crippen LogP contribution in [0.2, 0.25) is 0 Å². The Morgan fingerprint density at radius 1 is 1.24 bits per heavy atom. The first-order valence-corrected chi connectivity index (χ1v) is 7.06. The number of aromatic nitrogens is 4. The Labute approximate surface area is 123 Å². The molecule has 6 heteroatoms. The number of tetrazole rings is 1. The standard InChI is InChI=1S/C15H20FN5/c1-14(2)12(15(14,3)4)8-21-13(18-19-20-21)10-6-5-9(16)7-11(10)17/h5-7,12H,8,17H2,1-4H3. The second-order valence-electron chi connectivity index (χ2n) is 6.91. The average molecular weight is 289 g/mol. The third kappa shape index (κ3) is 2.01. The van der Waals surface area contributed by atoms with Crippen LogP contribution in [0.5, 0.6) is 0 Å². The lowest BCUT2D eigenvalue weighted by atomic mass is 10.0. The Morgan fingerprint density at radius 3 is 2.48 bits per heavy atom. The minimum Gasteiger partial charge on any atom is -0.398 e. The average Bonchev–Trinajstić information content (AvgIpc) is 2.73. The predicted octanol–water partition coefficient (Wildman–Crippen LogP) is 2.74. The van der Waals surface area contributed by atoms with Crippen molar-refractivity contribution in [3.05, 3.63) is 24.0 Å². The van der Waals surface area contributed by atoms with E-state index in [0.717, 1.165) is 6.54 Å². The number of nitrogen functional groups attached to an aromatic ring is 1. The molecule has 3 rings (SSSR count). The molecule has 5 nitrogen and oxygen atoms in total. The molecule has 2 N–H and O–H groups in total. The van der Waals surface area contributed by atoms with Crippen LogP contribution < -0.4 is 5.73 Å². The second-order valence-corrected chi connectivity index (χ2v) is 6.91. The van der Waals surface area contributed by atoms with E-state index in [9.17, 15) is 4.39 Å². The van der Waals surface area contributed by atoms with Crippen molar-refractivity contribution in [3.8, 4) is 11.4 Å². The fourth-order valence-corrected chi connectivity index (χ4v) is 3.22. The highest BCUT2D eigenvalue weighted by Gasteiger charge is 2.64. The molecule has 1 heterocycles. The first-order chi connectivity index (χ1) is 9.75. The number of nitrogens with zero attached hydrogens (tertiary/aromatic N) is 4. The summed E-state index contributed by atoms with van der Waals surface area (Å²) in [4.78, 5) is 0. The van der Waals surface area contributed by atoms with Gasteiger partial charge >= 0.3 is 0 Å². The van der Waals surface area contributed by atoms with Gasteiger partial charge in [-0.05, 0) is 45.4 Å². The van der Waals surface area contributed by atoms with Crippen molar-refractivity contribution >= 4 is 5.69 Å². The summed E-state index contributed by atoms with van der Waals surface area (Å²) >= 11 is 0. The molecule has 1 aliphatic rings. The molecular weight excluding hydrogens is 269 g/mol. The summed E-state index contributed by atoms with van der Waals surface area (Å²) < 4.78 is 14.9. The topological polar surface area (TPSA) is 69.6 Å². The molecule has 1 aromatic heterocycles. The van der Waals surface area contributed by atoms with E-state index in [1.165, 1.54) is 12.1 Å². The number of anilines is 1. The molecule has 1 saturated carbocycles. The maximum Gasteiger partial charge on any atom is 0.184 e. The third-order valence-electron chi connectivity index (χ3n) is 5.46. The van der Waals surface area contributed by atoms with Crippen molar-refractivity contribution in [2.45, 2.75) is 34.2 Å². The number of halogens is 1. The van der Waals surface area contributed by atoms with Crippen LogP contribution >= 0.6 is 0 Å². The monoisotopic (exact) mass is 289 g/mol. The fourth-order valence-electron chi connectivity index (χ4n) is 3.22. The summed E-state index contributed by atoms with van der Waals surface area (Å²) in [5.41, 5.74) is 7.41. The van der Waals surface area contributed by atoms with E-state index in [1.54, 1.807) is 10.7 Å². The van der Waals surface area contributed by atoms with Gasteiger partial charge in [0.2, 0.25) is 0 Å². The van der Waals surface area contributed by atoms with Gasteiger partial charge in [0, 0.05) is 17.8 Å². The molecule has 0 aliphatic heterocycles. The van der Waals surface area contributed by atoms with Crippen LogP contribution in [-0.4, -0.2) is 20.2 Å². The maximum absolute atomic E-state index is 13.2. The highest BCUT2D eigenvalue weighted by atomic mass is 19.1. The summed E-state index contributed by atoms with van der Waals surface area (Å²) in [7, 11) is 0. The van der Waals surface area contributed by atoms with Crippen LogP contribution in [0.3, 0.4) is 0 Å². The smallest absolute Gasteiger partial charge is 0.184 e. The van der Waals surface area contributed by atoms with E-state index in [0.29, 0.717) is 23.0 Å². The van der Waals surface area contributed by atoms with Crippen LogP contribution in [0.4, 0.5) is 10.1 Å². The first-order valence-electron chi connectivity index (χ1n) is 7.06. The zero-order valence-corrected chi connectivity index (χ0v) is 12.8. The fraction of sp³-hybridized carbons (Fsp3) is 0.533. The number of nitrogens with two attached hydrogens (primary N) is 1. The van der Waals surface area contributed by atoms with Crippen molar-refractivity contribution in [3.63, 3.8) is 0 Å². The lowest BCUT2D eigenvalue weighted by Crippen LogP contribution is -2.09. The number of hydrogen-bond acceptors (Lipinski definition) is 4. The van der Waals surface area contributed by atoms with Gasteiger partial charge in [-0.25, -0.2) is 9.07 Å². The van der Waals surface area contributed by atoms with Crippen LogP contribution in [-0.2, 0) is 6.54 Å². The van der Waals surface area contributed by atoms with Crippen molar-refractivity contribution < 1.29 is 4.39 Å². The van der Waals surface area contributed by atoms with Crippen LogP contribution in [0.15, 0.2) is 18.2 Å². The summed E-state index contributed by atoms with van der Waals surface area (Å²) in [6, 6.07) is 4.28. The highest BCUT2D eigenvalue weighted by Crippen LogP contribution is 2.68. The minimum absolute atomic E-state index is 0.255. The summed E-state index contributed by atoms with van der Waals surface area (Å²) in [5.74, 6) is 0.722. The molecule has 21 heavy (non-hydrogen) atoms. The van der Waals surface area contributed by atoms with Gasteiger partial charge < -0.3 is 5.73 Å². The minimum atomic E-state index is -0.361. The molecule has 1 aromatic carbocycles. The third-order valence-corrected chi connectivity index (χ3v) is 5.46. The SMILES string of the molecule is CC1(C)C(Cn2nnnc2-c2ccc(F)cc2N)C1(C)C. The summed E-state index contributed by atoms with van der Waals surface area (Å²) in [5, 5.41) is 11.9. The molecule has 0 spiro atoms. The van der Waals surface area contributed by atoms with E-state index >= 15 is 0 Å². The molecule has 2 aromatic rings. The normalized spacial score (nSPS) is 19.7. The molecule has 1 aliphatic carbocycles. The zero-order valence-electron chi connectivity index (χ0n) is 12.8. The van der Waals surface area contributed by atoms with Crippen LogP contribution in [0, 0.1) is 22.6 Å². The molecule has 0 amide bonds. The van der Waals surface area contributed by atoms with Crippen LogP contribution in [0.25, 0.3) is 11.4 Å². The molecular formula is C15H20FN5. The Morgan fingerprint density at radius 2 is 1.90 bits per heavy atom. The molecule has 112 valence electrons. The molecule has 0 saturated heterocycles. The van der Waals surface area contributed by atoms with Gasteiger partial charge in [-0.15, -0.1) is 5.10 Å². The van der Waals surface area contributed by atoms with Gasteiger partial charge in [0.25, 0.3) is 0 Å². The van der Waals surface area contributed by atoms with Crippen molar-refractivity contribution in [1.82, 2.24) is 20.2 Å². The first kappa shape index (κ1) is 14.0. The largest absolute Gasteiger partial charge is 0.398 e. The number of hydrogen-bond donors (Lipinski definition) is 1. The van der Waals surface area contributed by atoms with E-state index in [-0.39, 0.29) is 16.6 Å². The van der Waals surface area contributed by atoms with Crippen LogP contribution in [0.1, 0.15) is 27.7 Å². The van der Waals surface area contributed by atoms with Gasteiger partial charge in [0.1, 0.15) is 5.82 Å². The molecule has 1 fully saturated rings. The predicted molar refractivity (Wildman–Crippen MR) is 78.7 cm³/mol. The van der Waals surface area contributed by atoms with E-state index < -0.39 is 0 Å². The Bertz CT molecular complexity index is 675. The summed E-state index contributed by atoms with van der Waals surface area (Å²) in [6.07, 6.45) is 0. The van der Waals surface area contributed by atoms with Crippen molar-refractivity contribution in [1.29, 1.82) is 0 Å². The maximum atomic E-state index is 13.2. The van der Waals surface area contributed by atoms with Gasteiger partial charge in [-0.2, -0.15) is 0 Å². The van der Waals surface area contributed by atoms with E-state index in [4.69, 9.17) is 5.73 Å². The van der Waals surface area contributed by atoms with Gasteiger partial charge in [-0.3, -0.25) is 0 Å². The second kappa shape index (κ2) is 4.26. The van der Waals surface area contributed by atoms with Gasteiger partial charge in [-0.1, -0.05) is 27.7 Å². The quantitative estimate of drug-likeness (QED) is 0.882. The highest BCUT2D eigenvalue weighted by molar-refractivity contribution is 5.71. The molecule has 0 bridgehead atoms. The summed E-state index contributed by atoms with van der Waals surface area (Å²) in [6.45, 7) is 9.77. The molecule has 0 radical (unpaired) electrons. The Balaban J connectivity index is 1.92. The lowest BCUT2D eigenvalue weighted by Gasteiger charge is -2.08. The number of rotatable bonds is 3. The van der Waals surface area contributed by atoms with Crippen molar-refractivity contribution in [2.75, 3.05) is 5.73 Å². The van der Waals surface area contributed by atoms with Gasteiger partial charge in [0.05, 0.1) is 0 Å². The Hall–Kier alpha value is -1.98. The van der Waals surface area contributed by atoms with E-state index in [2.05, 4.69) is 43.2 Å². The Kier molecular flexibility index (Phi) is 2.83. The zero-order chi connectivity index (χ0) is 15.4. The number of benzene rings is 1. The molecule has 0 unspecified atom stereocenters. The van der Waals surface area contributed by atoms with E-state index in [1.807, 2.05) is 0 Å². The van der Waals surface area contributed by atoms with Gasteiger partial charge in [0.15, 0.2) is 5.82 Å².